The number of benzene rings is 1. The Kier molecular flexibility index (Phi) is 4.47. The quantitative estimate of drug-likeness (QED) is 0.753. The van der Waals surface area contributed by atoms with Crippen molar-refractivity contribution in [2.45, 2.75) is 37.6 Å². The van der Waals surface area contributed by atoms with Gasteiger partial charge in [-0.25, -0.2) is 8.42 Å². The highest BCUT2D eigenvalue weighted by atomic mass is 79.9. The van der Waals surface area contributed by atoms with Crippen LogP contribution in [-0.4, -0.2) is 31.8 Å². The lowest BCUT2D eigenvalue weighted by molar-refractivity contribution is 0.0752. The van der Waals surface area contributed by atoms with Crippen LogP contribution in [0.5, 0.6) is 0 Å². The predicted octanol–water partition coefficient (Wildman–Crippen LogP) is 3.31. The summed E-state index contributed by atoms with van der Waals surface area (Å²) in [6, 6.07) is 3.29. The summed E-state index contributed by atoms with van der Waals surface area (Å²) in [5.74, 6) is -0.155. The minimum absolute atomic E-state index is 0.0243. The Balaban J connectivity index is 2.47. The summed E-state index contributed by atoms with van der Waals surface area (Å²) in [7, 11) is 1.55. The molecule has 0 spiro atoms. The van der Waals surface area contributed by atoms with Gasteiger partial charge in [0.2, 0.25) is 0 Å². The summed E-state index contributed by atoms with van der Waals surface area (Å²) in [5.41, 5.74) is 0.849. The van der Waals surface area contributed by atoms with Gasteiger partial charge in [0.1, 0.15) is 0 Å². The van der Waals surface area contributed by atoms with Gasteiger partial charge < -0.3 is 4.90 Å². The van der Waals surface area contributed by atoms with Gasteiger partial charge in [-0.3, -0.25) is 4.79 Å². The lowest BCUT2D eigenvalue weighted by atomic mass is 10.1. The van der Waals surface area contributed by atoms with E-state index >= 15 is 0 Å². The van der Waals surface area contributed by atoms with Gasteiger partial charge in [-0.15, -0.1) is 0 Å². The Labute approximate surface area is 131 Å². The van der Waals surface area contributed by atoms with E-state index < -0.39 is 9.05 Å². The zero-order chi connectivity index (χ0) is 15.1. The highest BCUT2D eigenvalue weighted by Gasteiger charge is 2.32. The number of carbonyl (C=O) groups is 1. The van der Waals surface area contributed by atoms with Crippen LogP contribution < -0.4 is 0 Å². The number of halogens is 2. The van der Waals surface area contributed by atoms with Gasteiger partial charge in [-0.2, -0.15) is 0 Å². The van der Waals surface area contributed by atoms with Gasteiger partial charge in [-0.1, -0.05) is 15.9 Å². The van der Waals surface area contributed by atoms with Gasteiger partial charge in [0.05, 0.1) is 4.90 Å². The SMILES string of the molecule is CCN(C(=O)c1cc(Br)c(C)c(S(=O)(=O)Cl)c1)C1CC1. The number of hydrogen-bond donors (Lipinski definition) is 0. The van der Waals surface area contributed by atoms with E-state index in [1.165, 1.54) is 6.07 Å². The first-order valence-corrected chi connectivity index (χ1v) is 9.41. The van der Waals surface area contributed by atoms with Crippen molar-refractivity contribution in [3.8, 4) is 0 Å². The highest BCUT2D eigenvalue weighted by molar-refractivity contribution is 9.10. The molecule has 0 radical (unpaired) electrons. The van der Waals surface area contributed by atoms with Crippen molar-refractivity contribution in [2.24, 2.45) is 0 Å². The number of amides is 1. The van der Waals surface area contributed by atoms with Crippen LogP contribution in [0.2, 0.25) is 0 Å². The molecule has 1 aliphatic carbocycles. The fourth-order valence-electron chi connectivity index (χ4n) is 2.15. The van der Waals surface area contributed by atoms with Gasteiger partial charge >= 0.3 is 0 Å². The van der Waals surface area contributed by atoms with Crippen LogP contribution in [0.15, 0.2) is 21.5 Å². The third-order valence-corrected chi connectivity index (χ3v) is 5.67. The zero-order valence-corrected chi connectivity index (χ0v) is 14.3. The molecule has 0 aliphatic heterocycles. The lowest BCUT2D eigenvalue weighted by Crippen LogP contribution is -2.33. The van der Waals surface area contributed by atoms with E-state index in [-0.39, 0.29) is 16.8 Å². The molecule has 0 aromatic heterocycles. The minimum atomic E-state index is -3.88. The standard InChI is InChI=1S/C13H15BrClNO3S/c1-3-16(10-4-5-10)13(17)9-6-11(14)8(2)12(7-9)20(15,18)19/h6-7,10H,3-5H2,1-2H3. The first-order valence-electron chi connectivity index (χ1n) is 6.31. The van der Waals surface area contributed by atoms with Gasteiger partial charge in [0, 0.05) is 33.3 Å². The first-order chi connectivity index (χ1) is 9.25. The summed E-state index contributed by atoms with van der Waals surface area (Å²) < 4.78 is 23.7. The van der Waals surface area contributed by atoms with Crippen molar-refractivity contribution in [3.05, 3.63) is 27.7 Å². The van der Waals surface area contributed by atoms with Gasteiger partial charge in [0.15, 0.2) is 0 Å². The first kappa shape index (κ1) is 15.8. The molecule has 1 aromatic rings. The topological polar surface area (TPSA) is 54.5 Å². The van der Waals surface area contributed by atoms with E-state index in [1.54, 1.807) is 17.9 Å². The third kappa shape index (κ3) is 3.18. The Morgan fingerprint density at radius 2 is 2.05 bits per heavy atom. The number of carbonyl (C=O) groups excluding carboxylic acids is 1. The molecule has 1 saturated carbocycles. The maximum atomic E-state index is 12.5. The normalized spacial score (nSPS) is 15.2. The molecule has 7 heteroatoms. The molecule has 0 bridgehead atoms. The Hall–Kier alpha value is -0.590. The van der Waals surface area contributed by atoms with Crippen LogP contribution in [0.25, 0.3) is 0 Å². The molecule has 0 atom stereocenters. The molecule has 20 heavy (non-hydrogen) atoms. The molecular weight excluding hydrogens is 366 g/mol. The predicted molar refractivity (Wildman–Crippen MR) is 81.7 cm³/mol. The van der Waals surface area contributed by atoms with E-state index in [0.717, 1.165) is 12.8 Å². The lowest BCUT2D eigenvalue weighted by Gasteiger charge is -2.21. The average molecular weight is 381 g/mol. The van der Waals surface area contributed by atoms with Crippen LogP contribution in [0, 0.1) is 6.92 Å². The van der Waals surface area contributed by atoms with Crippen LogP contribution in [-0.2, 0) is 9.05 Å². The zero-order valence-electron chi connectivity index (χ0n) is 11.2. The Morgan fingerprint density at radius 1 is 1.45 bits per heavy atom. The molecule has 2 rings (SSSR count). The average Bonchev–Trinajstić information content (AvgIpc) is 3.16. The Bertz CT molecular complexity index is 656. The molecule has 0 N–H and O–H groups in total. The molecule has 1 fully saturated rings. The number of rotatable bonds is 4. The van der Waals surface area contributed by atoms with Gasteiger partial charge in [-0.05, 0) is 44.4 Å². The summed E-state index contributed by atoms with van der Waals surface area (Å²) in [4.78, 5) is 14.2. The van der Waals surface area contributed by atoms with Crippen LogP contribution in [0.4, 0.5) is 0 Å². The smallest absolute Gasteiger partial charge is 0.261 e. The largest absolute Gasteiger partial charge is 0.336 e. The molecule has 1 amide bonds. The molecule has 1 aromatic carbocycles. The van der Waals surface area contributed by atoms with E-state index in [0.29, 0.717) is 22.1 Å². The van der Waals surface area contributed by atoms with Crippen molar-refractivity contribution in [1.82, 2.24) is 4.90 Å². The maximum Gasteiger partial charge on any atom is 0.261 e. The van der Waals surface area contributed by atoms with E-state index in [1.807, 2.05) is 6.92 Å². The maximum absolute atomic E-state index is 12.5. The molecule has 0 unspecified atom stereocenters. The van der Waals surface area contributed by atoms with E-state index in [4.69, 9.17) is 10.7 Å². The highest BCUT2D eigenvalue weighted by Crippen LogP contribution is 2.31. The van der Waals surface area contributed by atoms with E-state index in [2.05, 4.69) is 15.9 Å². The second-order valence-corrected chi connectivity index (χ2v) is 8.23. The second-order valence-electron chi connectivity index (χ2n) is 4.84. The molecule has 110 valence electrons. The Morgan fingerprint density at radius 3 is 2.50 bits per heavy atom. The van der Waals surface area contributed by atoms with Crippen molar-refractivity contribution in [3.63, 3.8) is 0 Å². The van der Waals surface area contributed by atoms with E-state index in [9.17, 15) is 13.2 Å². The van der Waals surface area contributed by atoms with Crippen LogP contribution in [0.3, 0.4) is 0 Å². The minimum Gasteiger partial charge on any atom is -0.336 e. The number of nitrogens with zero attached hydrogens (tertiary/aromatic N) is 1. The number of hydrogen-bond acceptors (Lipinski definition) is 3. The fourth-order valence-corrected chi connectivity index (χ4v) is 3.97. The van der Waals surface area contributed by atoms with Crippen molar-refractivity contribution < 1.29 is 13.2 Å². The molecule has 0 saturated heterocycles. The van der Waals surface area contributed by atoms with Crippen molar-refractivity contribution >= 4 is 41.6 Å². The summed E-state index contributed by atoms with van der Waals surface area (Å²) in [6.45, 7) is 4.17. The monoisotopic (exact) mass is 379 g/mol. The van der Waals surface area contributed by atoms with Crippen molar-refractivity contribution in [1.29, 1.82) is 0 Å². The molecule has 0 heterocycles. The molecule has 1 aliphatic rings. The molecular formula is C13H15BrClNO3S. The van der Waals surface area contributed by atoms with Gasteiger partial charge in [0.25, 0.3) is 15.0 Å². The summed E-state index contributed by atoms with van der Waals surface area (Å²) >= 11 is 3.29. The van der Waals surface area contributed by atoms with Crippen LogP contribution in [0.1, 0.15) is 35.7 Å². The molecule has 4 nitrogen and oxygen atoms in total. The second kappa shape index (κ2) is 5.66. The summed E-state index contributed by atoms with van der Waals surface area (Å²) in [6.07, 6.45) is 2.01. The van der Waals surface area contributed by atoms with Crippen molar-refractivity contribution in [2.75, 3.05) is 6.54 Å². The third-order valence-electron chi connectivity index (χ3n) is 3.40. The summed E-state index contributed by atoms with van der Waals surface area (Å²) in [5, 5.41) is 0. The fraction of sp³-hybridized carbons (Fsp3) is 0.462. The van der Waals surface area contributed by atoms with Crippen LogP contribution >= 0.6 is 26.6 Å².